The van der Waals surface area contributed by atoms with Gasteiger partial charge in [0.15, 0.2) is 9.84 Å². The molecule has 40 heavy (non-hydrogen) atoms. The highest BCUT2D eigenvalue weighted by Crippen LogP contribution is 2.32. The van der Waals surface area contributed by atoms with E-state index in [1.165, 1.54) is 5.41 Å². The van der Waals surface area contributed by atoms with Gasteiger partial charge in [-0.2, -0.15) is 4.98 Å². The van der Waals surface area contributed by atoms with Crippen molar-refractivity contribution in [1.82, 2.24) is 14.5 Å². The van der Waals surface area contributed by atoms with Crippen LogP contribution in [0.5, 0.6) is 5.75 Å². The van der Waals surface area contributed by atoms with Crippen molar-refractivity contribution in [3.05, 3.63) is 126 Å². The van der Waals surface area contributed by atoms with Crippen molar-refractivity contribution in [1.29, 1.82) is 0 Å². The predicted octanol–water partition coefficient (Wildman–Crippen LogP) is 6.64. The fourth-order valence-corrected chi connectivity index (χ4v) is 5.68. The zero-order valence-corrected chi connectivity index (χ0v) is 22.5. The fourth-order valence-electron chi connectivity index (χ4n) is 4.67. The van der Waals surface area contributed by atoms with E-state index in [0.717, 1.165) is 21.9 Å². The lowest BCUT2D eigenvalue weighted by Crippen LogP contribution is -2.09. The highest BCUT2D eigenvalue weighted by atomic mass is 32.2. The van der Waals surface area contributed by atoms with Gasteiger partial charge in [0.25, 0.3) is 0 Å². The average Bonchev–Trinajstić information content (AvgIpc) is 3.38. The number of methoxy groups -OCH3 is 1. The van der Waals surface area contributed by atoms with Gasteiger partial charge in [-0.05, 0) is 48.0 Å². The maximum Gasteiger partial charge on any atom is 0.237 e. The van der Waals surface area contributed by atoms with Crippen LogP contribution in [0.4, 0.5) is 5.82 Å². The molecule has 0 bridgehead atoms. The number of sulfone groups is 1. The van der Waals surface area contributed by atoms with Crippen LogP contribution in [0.25, 0.3) is 33.8 Å². The average molecular weight is 547 g/mol. The second-order valence-electron chi connectivity index (χ2n) is 9.19. The molecule has 8 heteroatoms. The molecule has 198 valence electrons. The molecule has 1 N–H and O–H groups in total. The normalized spacial score (nSPS) is 11.8. The Morgan fingerprint density at radius 2 is 1.57 bits per heavy atom. The lowest BCUT2D eigenvalue weighted by Gasteiger charge is -2.15. The van der Waals surface area contributed by atoms with E-state index < -0.39 is 9.84 Å². The molecule has 6 aromatic rings. The Bertz CT molecular complexity index is 1950. The zero-order chi connectivity index (χ0) is 27.5. The first-order chi connectivity index (χ1) is 19.5. The van der Waals surface area contributed by atoms with E-state index in [4.69, 9.17) is 14.7 Å². The summed E-state index contributed by atoms with van der Waals surface area (Å²) in [6.07, 6.45) is 1.59. The van der Waals surface area contributed by atoms with Crippen molar-refractivity contribution in [2.45, 2.75) is 11.4 Å². The first-order valence-corrected chi connectivity index (χ1v) is 14.3. The molecule has 0 atom stereocenters. The Morgan fingerprint density at radius 3 is 2.35 bits per heavy atom. The Morgan fingerprint density at radius 1 is 0.850 bits per heavy atom. The highest BCUT2D eigenvalue weighted by molar-refractivity contribution is 7.94. The molecular formula is C32H26N4O3S. The first-order valence-electron chi connectivity index (χ1n) is 12.7. The number of nitrogens with one attached hydrogen (secondary N) is 1. The third-order valence-corrected chi connectivity index (χ3v) is 8.05. The summed E-state index contributed by atoms with van der Waals surface area (Å²) >= 11 is 0. The first kappa shape index (κ1) is 25.3. The maximum atomic E-state index is 13.0. The molecule has 0 aliphatic heterocycles. The van der Waals surface area contributed by atoms with E-state index in [9.17, 15) is 8.42 Å². The zero-order valence-electron chi connectivity index (χ0n) is 21.7. The van der Waals surface area contributed by atoms with Gasteiger partial charge in [0.1, 0.15) is 17.1 Å². The number of benzene rings is 4. The number of anilines is 1. The molecule has 0 spiro atoms. The number of hydrogen-bond acceptors (Lipinski definition) is 6. The Labute approximate surface area is 232 Å². The van der Waals surface area contributed by atoms with Crippen LogP contribution in [0, 0.1) is 0 Å². The van der Waals surface area contributed by atoms with Crippen LogP contribution >= 0.6 is 0 Å². The summed E-state index contributed by atoms with van der Waals surface area (Å²) in [5.74, 6) is 1.65. The van der Waals surface area contributed by atoms with Crippen LogP contribution in [0.15, 0.2) is 119 Å². The molecule has 0 saturated carbocycles. The van der Waals surface area contributed by atoms with Crippen LogP contribution in [0.3, 0.4) is 0 Å². The Hall–Kier alpha value is -4.95. The lowest BCUT2D eigenvalue weighted by molar-refractivity contribution is 0.419. The van der Waals surface area contributed by atoms with Gasteiger partial charge in [-0.15, -0.1) is 0 Å². The fraction of sp³-hybridized carbons (Fsp3) is 0.0625. The van der Waals surface area contributed by atoms with Gasteiger partial charge in [-0.25, -0.2) is 13.4 Å². The number of ether oxygens (including phenoxy) is 1. The number of rotatable bonds is 8. The van der Waals surface area contributed by atoms with Gasteiger partial charge in [0.05, 0.1) is 23.2 Å². The van der Waals surface area contributed by atoms with Crippen molar-refractivity contribution in [2.75, 3.05) is 12.4 Å². The Balaban J connectivity index is 1.52. The molecule has 4 aromatic carbocycles. The van der Waals surface area contributed by atoms with Gasteiger partial charge < -0.3 is 10.1 Å². The van der Waals surface area contributed by atoms with Gasteiger partial charge in [0.2, 0.25) is 5.95 Å². The summed E-state index contributed by atoms with van der Waals surface area (Å²) < 4.78 is 33.6. The lowest BCUT2D eigenvalue weighted by atomic mass is 10.2. The van der Waals surface area contributed by atoms with Gasteiger partial charge in [-0.1, -0.05) is 72.8 Å². The smallest absolute Gasteiger partial charge is 0.237 e. The number of nitrogens with zero attached hydrogens (tertiary/aromatic N) is 3. The summed E-state index contributed by atoms with van der Waals surface area (Å²) in [7, 11) is -2.04. The van der Waals surface area contributed by atoms with Crippen LogP contribution < -0.4 is 10.1 Å². The predicted molar refractivity (Wildman–Crippen MR) is 159 cm³/mol. The minimum atomic E-state index is -3.65. The molecule has 0 amide bonds. The molecular weight excluding hydrogens is 520 g/mol. The summed E-state index contributed by atoms with van der Waals surface area (Å²) in [6, 6.07) is 33.9. The van der Waals surface area contributed by atoms with E-state index in [1.807, 2.05) is 83.4 Å². The summed E-state index contributed by atoms with van der Waals surface area (Å²) in [5.41, 5.74) is 3.24. The summed E-state index contributed by atoms with van der Waals surface area (Å²) in [4.78, 5) is 10.1. The van der Waals surface area contributed by atoms with Crippen LogP contribution in [0.2, 0.25) is 0 Å². The summed E-state index contributed by atoms with van der Waals surface area (Å²) in [5, 5.41) is 6.45. The maximum absolute atomic E-state index is 13.0. The molecule has 7 nitrogen and oxygen atoms in total. The van der Waals surface area contributed by atoms with E-state index in [2.05, 4.69) is 5.32 Å². The molecule has 0 aliphatic rings. The quantitative estimate of drug-likeness (QED) is 0.230. The molecule has 2 aromatic heterocycles. The molecule has 0 saturated heterocycles. The molecule has 2 heterocycles. The van der Waals surface area contributed by atoms with E-state index >= 15 is 0 Å². The number of aromatic nitrogens is 3. The van der Waals surface area contributed by atoms with Crippen LogP contribution in [0.1, 0.15) is 11.3 Å². The van der Waals surface area contributed by atoms with Gasteiger partial charge in [0, 0.05) is 22.7 Å². The number of para-hydroxylation sites is 2. The highest BCUT2D eigenvalue weighted by Gasteiger charge is 2.17. The molecule has 0 unspecified atom stereocenters. The van der Waals surface area contributed by atoms with E-state index in [1.54, 1.807) is 43.5 Å². The second kappa shape index (κ2) is 10.7. The van der Waals surface area contributed by atoms with Gasteiger partial charge in [-0.3, -0.25) is 4.57 Å². The number of hydrogen-bond donors (Lipinski definition) is 1. The molecule has 0 aliphatic carbocycles. The standard InChI is InChI=1S/C32H26N4O3S/c1-39-29-18-10-16-27-30(29)34-32(35-31(27)33-22-23-11-4-2-5-12-23)36-25(21-24-13-8-9-17-28(24)36)19-20-40(37,38)26-14-6-3-7-15-26/h2-21H,22H2,1H3,(H,33,34,35). The monoisotopic (exact) mass is 546 g/mol. The minimum Gasteiger partial charge on any atom is -0.494 e. The Kier molecular flexibility index (Phi) is 6.76. The van der Waals surface area contributed by atoms with Crippen molar-refractivity contribution < 1.29 is 13.2 Å². The van der Waals surface area contributed by atoms with Crippen molar-refractivity contribution in [3.8, 4) is 11.7 Å². The third-order valence-electron chi connectivity index (χ3n) is 6.63. The second-order valence-corrected chi connectivity index (χ2v) is 11.0. The van der Waals surface area contributed by atoms with Gasteiger partial charge >= 0.3 is 0 Å². The SMILES string of the molecule is COc1cccc2c(NCc3ccccc3)nc(-n3c(C=CS(=O)(=O)c4ccccc4)cc4ccccc43)nc12. The van der Waals surface area contributed by atoms with Crippen molar-refractivity contribution >= 4 is 43.5 Å². The topological polar surface area (TPSA) is 86.1 Å². The van der Waals surface area contributed by atoms with Crippen molar-refractivity contribution in [3.63, 3.8) is 0 Å². The van der Waals surface area contributed by atoms with E-state index in [0.29, 0.717) is 35.3 Å². The van der Waals surface area contributed by atoms with Crippen LogP contribution in [-0.4, -0.2) is 30.1 Å². The minimum absolute atomic E-state index is 0.230. The largest absolute Gasteiger partial charge is 0.494 e. The molecule has 0 fully saturated rings. The molecule has 6 rings (SSSR count). The molecule has 0 radical (unpaired) electrons. The third kappa shape index (κ3) is 4.92. The van der Waals surface area contributed by atoms with Crippen molar-refractivity contribution in [2.24, 2.45) is 0 Å². The van der Waals surface area contributed by atoms with E-state index in [-0.39, 0.29) is 4.90 Å². The summed E-state index contributed by atoms with van der Waals surface area (Å²) in [6.45, 7) is 0.568. The van der Waals surface area contributed by atoms with Crippen LogP contribution in [-0.2, 0) is 16.4 Å². The number of fused-ring (bicyclic) bond motifs is 2.